The van der Waals surface area contributed by atoms with Gasteiger partial charge in [0.25, 0.3) is 0 Å². The number of benzene rings is 1. The number of anilines is 1. The second-order valence-electron chi connectivity index (χ2n) is 3.59. The number of para-hydroxylation sites is 2. The fourth-order valence-corrected chi connectivity index (χ4v) is 1.63. The van der Waals surface area contributed by atoms with Crippen molar-refractivity contribution in [1.29, 1.82) is 0 Å². The Kier molecular flexibility index (Phi) is 5.29. The zero-order chi connectivity index (χ0) is 12.7. The van der Waals surface area contributed by atoms with Crippen molar-refractivity contribution >= 4 is 11.7 Å². The van der Waals surface area contributed by atoms with Crippen LogP contribution in [0.5, 0.6) is 5.75 Å². The number of rotatable bonds is 7. The zero-order valence-electron chi connectivity index (χ0n) is 9.93. The molecular weight excluding hydrogens is 220 g/mol. The van der Waals surface area contributed by atoms with Crippen LogP contribution in [0.3, 0.4) is 0 Å². The summed E-state index contributed by atoms with van der Waals surface area (Å²) in [5.41, 5.74) is 6.41. The molecule has 0 atom stereocenters. The van der Waals surface area contributed by atoms with E-state index in [0.717, 1.165) is 11.4 Å². The van der Waals surface area contributed by atoms with E-state index in [1.807, 2.05) is 29.2 Å². The van der Waals surface area contributed by atoms with Gasteiger partial charge in [0.2, 0.25) is 0 Å². The molecule has 5 heteroatoms. The minimum atomic E-state index is -0.818. The Bertz CT molecular complexity index is 369. The molecular formula is C12H18N2O3. The summed E-state index contributed by atoms with van der Waals surface area (Å²) in [6.07, 6.45) is 0.0814. The Labute approximate surface area is 101 Å². The minimum Gasteiger partial charge on any atom is -0.495 e. The molecule has 0 heterocycles. The summed E-state index contributed by atoms with van der Waals surface area (Å²) in [6, 6.07) is 7.51. The van der Waals surface area contributed by atoms with E-state index in [1.165, 1.54) is 0 Å². The van der Waals surface area contributed by atoms with Crippen LogP contribution in [0.15, 0.2) is 24.3 Å². The van der Waals surface area contributed by atoms with E-state index in [9.17, 15) is 4.79 Å². The molecule has 0 fully saturated rings. The predicted molar refractivity (Wildman–Crippen MR) is 66.5 cm³/mol. The van der Waals surface area contributed by atoms with Gasteiger partial charge in [0.05, 0.1) is 19.2 Å². The quantitative estimate of drug-likeness (QED) is 0.739. The normalized spacial score (nSPS) is 10.0. The van der Waals surface area contributed by atoms with Crippen LogP contribution in [0.1, 0.15) is 6.42 Å². The number of hydrogen-bond donors (Lipinski definition) is 2. The maximum absolute atomic E-state index is 10.6. The summed E-state index contributed by atoms with van der Waals surface area (Å²) >= 11 is 0. The lowest BCUT2D eigenvalue weighted by Gasteiger charge is -2.25. The molecule has 0 aliphatic rings. The average molecular weight is 238 g/mol. The fraction of sp³-hybridized carbons (Fsp3) is 0.417. The smallest absolute Gasteiger partial charge is 0.305 e. The second-order valence-corrected chi connectivity index (χ2v) is 3.59. The average Bonchev–Trinajstić information content (AvgIpc) is 2.34. The van der Waals surface area contributed by atoms with Crippen molar-refractivity contribution in [2.24, 2.45) is 5.73 Å². The van der Waals surface area contributed by atoms with Crippen LogP contribution in [0.2, 0.25) is 0 Å². The van der Waals surface area contributed by atoms with Gasteiger partial charge in [-0.15, -0.1) is 0 Å². The zero-order valence-corrected chi connectivity index (χ0v) is 9.93. The van der Waals surface area contributed by atoms with Crippen LogP contribution in [0, 0.1) is 0 Å². The van der Waals surface area contributed by atoms with Crippen molar-refractivity contribution in [3.05, 3.63) is 24.3 Å². The standard InChI is InChI=1S/C12H18N2O3/c1-17-11-5-3-2-4-10(11)14(9-7-13)8-6-12(15)16/h2-5H,6-9,13H2,1H3,(H,15,16). The van der Waals surface area contributed by atoms with Crippen LogP contribution >= 0.6 is 0 Å². The van der Waals surface area contributed by atoms with Crippen molar-refractivity contribution in [3.63, 3.8) is 0 Å². The molecule has 5 nitrogen and oxygen atoms in total. The van der Waals surface area contributed by atoms with E-state index >= 15 is 0 Å². The lowest BCUT2D eigenvalue weighted by Crippen LogP contribution is -2.31. The van der Waals surface area contributed by atoms with Gasteiger partial charge in [-0.25, -0.2) is 0 Å². The van der Waals surface area contributed by atoms with Crippen LogP contribution in [0.25, 0.3) is 0 Å². The van der Waals surface area contributed by atoms with Crippen LogP contribution in [-0.4, -0.2) is 37.8 Å². The number of carboxylic acids is 1. The van der Waals surface area contributed by atoms with Crippen molar-refractivity contribution in [3.8, 4) is 5.75 Å². The van der Waals surface area contributed by atoms with Gasteiger partial charge in [0.15, 0.2) is 0 Å². The predicted octanol–water partition coefficient (Wildman–Crippen LogP) is 0.935. The Morgan fingerprint density at radius 2 is 2.12 bits per heavy atom. The fourth-order valence-electron chi connectivity index (χ4n) is 1.63. The highest BCUT2D eigenvalue weighted by atomic mass is 16.5. The second kappa shape index (κ2) is 6.75. The summed E-state index contributed by atoms with van der Waals surface area (Å²) < 4.78 is 5.25. The Balaban J connectivity index is 2.84. The van der Waals surface area contributed by atoms with Crippen molar-refractivity contribution < 1.29 is 14.6 Å². The van der Waals surface area contributed by atoms with Crippen LogP contribution < -0.4 is 15.4 Å². The van der Waals surface area contributed by atoms with E-state index < -0.39 is 5.97 Å². The summed E-state index contributed by atoms with van der Waals surface area (Å²) in [5.74, 6) is -0.0896. The van der Waals surface area contributed by atoms with Gasteiger partial charge >= 0.3 is 5.97 Å². The van der Waals surface area contributed by atoms with Gasteiger partial charge in [0.1, 0.15) is 5.75 Å². The highest BCUT2D eigenvalue weighted by molar-refractivity contribution is 5.68. The molecule has 0 aromatic heterocycles. The van der Waals surface area contributed by atoms with E-state index in [1.54, 1.807) is 7.11 Å². The first kappa shape index (κ1) is 13.3. The van der Waals surface area contributed by atoms with E-state index in [0.29, 0.717) is 19.6 Å². The number of carboxylic acid groups (broad SMARTS) is 1. The molecule has 0 bridgehead atoms. The van der Waals surface area contributed by atoms with Gasteiger partial charge in [-0.1, -0.05) is 12.1 Å². The summed E-state index contributed by atoms with van der Waals surface area (Å²) in [7, 11) is 1.59. The number of methoxy groups -OCH3 is 1. The number of nitrogens with zero attached hydrogens (tertiary/aromatic N) is 1. The molecule has 0 unspecified atom stereocenters. The van der Waals surface area contributed by atoms with Crippen LogP contribution in [-0.2, 0) is 4.79 Å². The monoisotopic (exact) mass is 238 g/mol. The lowest BCUT2D eigenvalue weighted by molar-refractivity contribution is -0.136. The molecule has 0 aliphatic heterocycles. The number of ether oxygens (including phenoxy) is 1. The maximum Gasteiger partial charge on any atom is 0.305 e. The highest BCUT2D eigenvalue weighted by Crippen LogP contribution is 2.27. The maximum atomic E-state index is 10.6. The number of carbonyl (C=O) groups is 1. The number of nitrogens with two attached hydrogens (primary N) is 1. The van der Waals surface area contributed by atoms with Gasteiger partial charge in [0, 0.05) is 19.6 Å². The minimum absolute atomic E-state index is 0.0814. The Hall–Kier alpha value is -1.75. The molecule has 94 valence electrons. The highest BCUT2D eigenvalue weighted by Gasteiger charge is 2.11. The molecule has 0 radical (unpaired) electrons. The topological polar surface area (TPSA) is 75.8 Å². The van der Waals surface area contributed by atoms with Gasteiger partial charge < -0.3 is 20.5 Å². The molecule has 3 N–H and O–H groups in total. The largest absolute Gasteiger partial charge is 0.495 e. The summed E-state index contributed by atoms with van der Waals surface area (Å²) in [4.78, 5) is 12.5. The third-order valence-electron chi connectivity index (χ3n) is 2.42. The van der Waals surface area contributed by atoms with Crippen molar-refractivity contribution in [2.45, 2.75) is 6.42 Å². The first-order valence-corrected chi connectivity index (χ1v) is 5.49. The molecule has 0 aliphatic carbocycles. The molecule has 0 amide bonds. The van der Waals surface area contributed by atoms with E-state index in [-0.39, 0.29) is 6.42 Å². The van der Waals surface area contributed by atoms with E-state index in [2.05, 4.69) is 0 Å². The Morgan fingerprint density at radius 3 is 2.71 bits per heavy atom. The number of hydrogen-bond acceptors (Lipinski definition) is 4. The van der Waals surface area contributed by atoms with Crippen molar-refractivity contribution in [2.75, 3.05) is 31.6 Å². The molecule has 0 saturated carbocycles. The summed E-state index contributed by atoms with van der Waals surface area (Å²) in [6.45, 7) is 1.50. The third-order valence-corrected chi connectivity index (χ3v) is 2.42. The van der Waals surface area contributed by atoms with Gasteiger partial charge in [-0.3, -0.25) is 4.79 Å². The van der Waals surface area contributed by atoms with Crippen LogP contribution in [0.4, 0.5) is 5.69 Å². The first-order chi connectivity index (χ1) is 8.19. The van der Waals surface area contributed by atoms with E-state index in [4.69, 9.17) is 15.6 Å². The molecule has 1 aromatic rings. The first-order valence-electron chi connectivity index (χ1n) is 5.49. The lowest BCUT2D eigenvalue weighted by atomic mass is 10.2. The SMILES string of the molecule is COc1ccccc1N(CCN)CCC(=O)O. The van der Waals surface area contributed by atoms with Gasteiger partial charge in [-0.05, 0) is 12.1 Å². The molecule has 0 spiro atoms. The Morgan fingerprint density at radius 1 is 1.41 bits per heavy atom. The summed E-state index contributed by atoms with van der Waals surface area (Å²) in [5, 5.41) is 8.71. The molecule has 17 heavy (non-hydrogen) atoms. The molecule has 1 aromatic carbocycles. The van der Waals surface area contributed by atoms with Crippen molar-refractivity contribution in [1.82, 2.24) is 0 Å². The number of aliphatic carboxylic acids is 1. The molecule has 1 rings (SSSR count). The third kappa shape index (κ3) is 3.96. The molecule has 0 saturated heterocycles. The van der Waals surface area contributed by atoms with Gasteiger partial charge in [-0.2, -0.15) is 0 Å².